The third kappa shape index (κ3) is 3.64. The predicted octanol–water partition coefficient (Wildman–Crippen LogP) is 5.37. The molecule has 0 unspecified atom stereocenters. The molecule has 0 aliphatic carbocycles. The summed E-state index contributed by atoms with van der Waals surface area (Å²) in [6, 6.07) is 11.0. The van der Waals surface area contributed by atoms with Crippen molar-refractivity contribution in [1.29, 1.82) is 0 Å². The molecular weight excluding hydrogens is 332 g/mol. The number of aryl methyl sites for hydroxylation is 1. The Morgan fingerprint density at radius 3 is 2.48 bits per heavy atom. The molecule has 4 heteroatoms. The fourth-order valence-electron chi connectivity index (χ4n) is 2.07. The van der Waals surface area contributed by atoms with Crippen molar-refractivity contribution in [2.45, 2.75) is 26.7 Å². The van der Waals surface area contributed by atoms with Crippen LogP contribution in [0, 0.1) is 6.92 Å². The minimum Gasteiger partial charge on any atom is -0.478 e. The summed E-state index contributed by atoms with van der Waals surface area (Å²) in [5.74, 6) is 0.800. The van der Waals surface area contributed by atoms with Gasteiger partial charge in [-0.1, -0.05) is 26.0 Å². The van der Waals surface area contributed by atoms with Gasteiger partial charge in [-0.2, -0.15) is 0 Å². The molecular formula is C17H17BrO3. The van der Waals surface area contributed by atoms with Crippen molar-refractivity contribution < 1.29 is 14.6 Å². The van der Waals surface area contributed by atoms with Gasteiger partial charge in [0.1, 0.15) is 11.5 Å². The van der Waals surface area contributed by atoms with E-state index in [0.717, 1.165) is 16.9 Å². The van der Waals surface area contributed by atoms with E-state index in [1.165, 1.54) is 6.07 Å². The largest absolute Gasteiger partial charge is 0.478 e. The second-order valence-corrected chi connectivity index (χ2v) is 6.10. The van der Waals surface area contributed by atoms with Gasteiger partial charge in [0.2, 0.25) is 0 Å². The highest BCUT2D eigenvalue weighted by atomic mass is 79.9. The summed E-state index contributed by atoms with van der Waals surface area (Å²) < 4.78 is 6.45. The molecule has 0 saturated heterocycles. The van der Waals surface area contributed by atoms with Crippen LogP contribution in [0.25, 0.3) is 0 Å². The van der Waals surface area contributed by atoms with E-state index in [0.29, 0.717) is 16.1 Å². The third-order valence-electron chi connectivity index (χ3n) is 3.19. The molecule has 0 aliphatic heterocycles. The van der Waals surface area contributed by atoms with Crippen LogP contribution in [0.5, 0.6) is 11.5 Å². The number of carbonyl (C=O) groups is 1. The number of benzene rings is 2. The molecule has 0 aromatic heterocycles. The van der Waals surface area contributed by atoms with E-state index in [-0.39, 0.29) is 5.56 Å². The van der Waals surface area contributed by atoms with Gasteiger partial charge in [0.05, 0.1) is 5.56 Å². The zero-order chi connectivity index (χ0) is 15.6. The Balaban J connectivity index is 2.36. The Morgan fingerprint density at radius 1 is 1.19 bits per heavy atom. The van der Waals surface area contributed by atoms with Crippen LogP contribution < -0.4 is 4.74 Å². The summed E-state index contributed by atoms with van der Waals surface area (Å²) in [6.45, 7) is 6.24. The summed E-state index contributed by atoms with van der Waals surface area (Å²) in [5.41, 5.74) is 2.46. The second kappa shape index (κ2) is 6.31. The Morgan fingerprint density at radius 2 is 1.90 bits per heavy atom. The molecule has 0 saturated carbocycles. The highest BCUT2D eigenvalue weighted by Gasteiger charge is 2.12. The average molecular weight is 349 g/mol. The minimum absolute atomic E-state index is 0.218. The highest BCUT2D eigenvalue weighted by Crippen LogP contribution is 2.33. The molecule has 0 radical (unpaired) electrons. The molecule has 0 aliphatic rings. The summed E-state index contributed by atoms with van der Waals surface area (Å²) in [4.78, 5) is 11.0. The summed E-state index contributed by atoms with van der Waals surface area (Å²) in [7, 11) is 0. The van der Waals surface area contributed by atoms with Crippen LogP contribution in [-0.2, 0) is 0 Å². The minimum atomic E-state index is -0.966. The monoisotopic (exact) mass is 348 g/mol. The van der Waals surface area contributed by atoms with Gasteiger partial charge in [0, 0.05) is 4.47 Å². The van der Waals surface area contributed by atoms with E-state index >= 15 is 0 Å². The molecule has 0 amide bonds. The average Bonchev–Trinajstić information content (AvgIpc) is 2.37. The topological polar surface area (TPSA) is 46.5 Å². The van der Waals surface area contributed by atoms with Gasteiger partial charge < -0.3 is 9.84 Å². The fourth-order valence-corrected chi connectivity index (χ4v) is 2.59. The number of hydrogen-bond acceptors (Lipinski definition) is 2. The van der Waals surface area contributed by atoms with E-state index < -0.39 is 5.97 Å². The van der Waals surface area contributed by atoms with E-state index in [2.05, 4.69) is 41.9 Å². The normalized spacial score (nSPS) is 10.7. The maximum Gasteiger partial charge on any atom is 0.336 e. The molecule has 110 valence electrons. The quantitative estimate of drug-likeness (QED) is 0.807. The number of aromatic carboxylic acids is 1. The summed E-state index contributed by atoms with van der Waals surface area (Å²) >= 11 is 3.26. The lowest BCUT2D eigenvalue weighted by molar-refractivity contribution is 0.0696. The molecule has 1 N–H and O–H groups in total. The van der Waals surface area contributed by atoms with Crippen LogP contribution in [0.2, 0.25) is 0 Å². The van der Waals surface area contributed by atoms with Crippen molar-refractivity contribution in [3.63, 3.8) is 0 Å². The van der Waals surface area contributed by atoms with Crippen LogP contribution in [-0.4, -0.2) is 11.1 Å². The SMILES string of the molecule is Cc1ccc(C(C)C)c(Oc2ccc(C(=O)O)c(Br)c2)c1. The van der Waals surface area contributed by atoms with Crippen LogP contribution in [0.15, 0.2) is 40.9 Å². The number of carboxylic acid groups (broad SMARTS) is 1. The van der Waals surface area contributed by atoms with Crippen molar-refractivity contribution in [3.05, 3.63) is 57.6 Å². The number of halogens is 1. The number of ether oxygens (including phenoxy) is 1. The van der Waals surface area contributed by atoms with Gasteiger partial charge in [0.25, 0.3) is 0 Å². The van der Waals surface area contributed by atoms with Crippen molar-refractivity contribution in [2.75, 3.05) is 0 Å². The lowest BCUT2D eigenvalue weighted by atomic mass is 10.0. The number of rotatable bonds is 4. The second-order valence-electron chi connectivity index (χ2n) is 5.24. The lowest BCUT2D eigenvalue weighted by Crippen LogP contribution is -1.98. The zero-order valence-electron chi connectivity index (χ0n) is 12.2. The molecule has 21 heavy (non-hydrogen) atoms. The van der Waals surface area contributed by atoms with E-state index in [9.17, 15) is 4.79 Å². The van der Waals surface area contributed by atoms with Crippen LogP contribution in [0.4, 0.5) is 0 Å². The first-order chi connectivity index (χ1) is 9.88. The van der Waals surface area contributed by atoms with Crippen molar-refractivity contribution >= 4 is 21.9 Å². The Labute approximate surface area is 132 Å². The van der Waals surface area contributed by atoms with Crippen molar-refractivity contribution in [3.8, 4) is 11.5 Å². The van der Waals surface area contributed by atoms with E-state index in [1.807, 2.05) is 13.0 Å². The Bertz CT molecular complexity index is 678. The highest BCUT2D eigenvalue weighted by molar-refractivity contribution is 9.10. The van der Waals surface area contributed by atoms with Crippen LogP contribution in [0.3, 0.4) is 0 Å². The standard InChI is InChI=1S/C17H17BrO3/c1-10(2)13-6-4-11(3)8-16(13)21-12-5-7-14(17(19)20)15(18)9-12/h4-10H,1-3H3,(H,19,20). The maximum atomic E-state index is 11.0. The molecule has 2 aromatic carbocycles. The van der Waals surface area contributed by atoms with Gasteiger partial charge in [-0.15, -0.1) is 0 Å². The molecule has 0 heterocycles. The van der Waals surface area contributed by atoms with Crippen molar-refractivity contribution in [1.82, 2.24) is 0 Å². The third-order valence-corrected chi connectivity index (χ3v) is 3.85. The fraction of sp³-hybridized carbons (Fsp3) is 0.235. The van der Waals surface area contributed by atoms with Crippen LogP contribution >= 0.6 is 15.9 Å². The predicted molar refractivity (Wildman–Crippen MR) is 86.4 cm³/mol. The molecule has 0 spiro atoms. The molecule has 2 aromatic rings. The summed E-state index contributed by atoms with van der Waals surface area (Å²) in [6.07, 6.45) is 0. The first-order valence-electron chi connectivity index (χ1n) is 6.69. The molecule has 2 rings (SSSR count). The number of hydrogen-bond donors (Lipinski definition) is 1. The first-order valence-corrected chi connectivity index (χ1v) is 7.49. The lowest BCUT2D eigenvalue weighted by Gasteiger charge is -2.15. The Hall–Kier alpha value is -1.81. The van der Waals surface area contributed by atoms with Gasteiger partial charge in [-0.3, -0.25) is 0 Å². The van der Waals surface area contributed by atoms with Crippen LogP contribution in [0.1, 0.15) is 41.3 Å². The van der Waals surface area contributed by atoms with E-state index in [1.54, 1.807) is 12.1 Å². The van der Waals surface area contributed by atoms with Gasteiger partial charge in [-0.25, -0.2) is 4.79 Å². The molecule has 0 bridgehead atoms. The first kappa shape index (κ1) is 15.6. The van der Waals surface area contributed by atoms with Crippen molar-refractivity contribution in [2.24, 2.45) is 0 Å². The van der Waals surface area contributed by atoms with Gasteiger partial charge in [0.15, 0.2) is 0 Å². The Kier molecular flexibility index (Phi) is 4.68. The molecule has 0 fully saturated rings. The molecule has 3 nitrogen and oxygen atoms in total. The molecule has 0 atom stereocenters. The van der Waals surface area contributed by atoms with Gasteiger partial charge in [-0.05, 0) is 64.2 Å². The number of carboxylic acids is 1. The van der Waals surface area contributed by atoms with Gasteiger partial charge >= 0.3 is 5.97 Å². The smallest absolute Gasteiger partial charge is 0.336 e. The maximum absolute atomic E-state index is 11.0. The zero-order valence-corrected chi connectivity index (χ0v) is 13.8. The summed E-state index contributed by atoms with van der Waals surface area (Å²) in [5, 5.41) is 9.03. The van der Waals surface area contributed by atoms with E-state index in [4.69, 9.17) is 9.84 Å².